The van der Waals surface area contributed by atoms with E-state index in [9.17, 15) is 0 Å². The molecule has 0 N–H and O–H groups in total. The molecule has 0 aromatic heterocycles. The molecule has 0 aliphatic carbocycles. The smallest absolute Gasteiger partial charge is 0.237 e. The molecule has 0 saturated carbocycles. The Morgan fingerprint density at radius 1 is 0.688 bits per heavy atom. The average molecular weight is 361 g/mol. The van der Waals surface area contributed by atoms with Crippen LogP contribution in [-0.4, -0.2) is 35.5 Å². The Bertz CT molecular complexity index is 484. The minimum atomic E-state index is -2.76. The van der Waals surface area contributed by atoms with Crippen LogP contribution in [0, 0.1) is 0 Å². The van der Waals surface area contributed by atoms with Gasteiger partial charge in [-0.3, -0.25) is 0 Å². The first kappa shape index (κ1) is 12.8. The van der Waals surface area contributed by atoms with E-state index in [0.29, 0.717) is 0 Å². The fourth-order valence-corrected chi connectivity index (χ4v) is 18.4. The molecule has 2 unspecified atom stereocenters. The molecular weight excluding hydrogens is 353 g/mol. The molecule has 0 radical (unpaired) electrons. The van der Waals surface area contributed by atoms with Gasteiger partial charge < -0.3 is 0 Å². The van der Waals surface area contributed by atoms with E-state index in [1.165, 1.54) is 0 Å². The first-order chi connectivity index (χ1) is 7.33. The van der Waals surface area contributed by atoms with Crippen molar-refractivity contribution in [3.8, 4) is 0 Å². The van der Waals surface area contributed by atoms with Gasteiger partial charge in [0.15, 0.2) is 0 Å². The minimum Gasteiger partial charge on any atom is -0.237 e. The summed E-state index contributed by atoms with van der Waals surface area (Å²) in [5.41, 5.74) is 0. The van der Waals surface area contributed by atoms with Gasteiger partial charge in [0.25, 0.3) is 5.91 Å². The predicted octanol–water partition coefficient (Wildman–Crippen LogP) is 5.43. The van der Waals surface area contributed by atoms with Gasteiger partial charge in [0, 0.05) is 26.2 Å². The highest BCUT2D eigenvalue weighted by atomic mass is 35.9. The third kappa shape index (κ3) is 2.41. The number of halogens is 4. The Balaban J connectivity index is 2.18. The average Bonchev–Trinajstić information content (AvgIpc) is 2.95. The van der Waals surface area contributed by atoms with Gasteiger partial charge in [-0.2, -0.15) is 13.5 Å². The molecule has 5 nitrogen and oxygen atoms in total. The van der Waals surface area contributed by atoms with Crippen molar-refractivity contribution in [3.05, 3.63) is 0 Å². The second-order valence-electron chi connectivity index (χ2n) is 3.62. The van der Waals surface area contributed by atoms with E-state index >= 15 is 0 Å². The van der Waals surface area contributed by atoms with Gasteiger partial charge in [-0.15, -0.1) is 0 Å². The highest BCUT2D eigenvalue weighted by Gasteiger charge is 2.45. The summed E-state index contributed by atoms with van der Waals surface area (Å²) >= 11 is 25.1. The van der Waals surface area contributed by atoms with Crippen LogP contribution in [0.5, 0.6) is 0 Å². The number of rotatable bonds is 2. The minimum absolute atomic E-state index is 0.884. The first-order valence-corrected chi connectivity index (χ1v) is 13.2. The fraction of sp³-hybridized carbons (Fsp3) is 1.00. The third-order valence-corrected chi connectivity index (χ3v) is 16.0. The molecule has 16 heavy (non-hydrogen) atoms. The zero-order valence-electron chi connectivity index (χ0n) is 7.92. The fourth-order valence-electron chi connectivity index (χ4n) is 1.30. The van der Waals surface area contributed by atoms with Crippen molar-refractivity contribution in [1.29, 1.82) is 0 Å². The van der Waals surface area contributed by atoms with E-state index < -0.39 is 19.3 Å². The molecule has 2 fully saturated rings. The Hall–Kier alpha value is 1.77. The third-order valence-electron chi connectivity index (χ3n) is 2.24. The maximum absolute atomic E-state index is 6.43. The number of hydrogen-bond donors (Lipinski definition) is 0. The maximum Gasteiger partial charge on any atom is 0.257 e. The molecule has 2 atom stereocenters. The predicted molar refractivity (Wildman–Crippen MR) is 74.6 cm³/mol. The van der Waals surface area contributed by atoms with Crippen molar-refractivity contribution in [2.75, 3.05) is 26.2 Å². The van der Waals surface area contributed by atoms with Crippen molar-refractivity contribution < 1.29 is 0 Å². The topological polar surface area (TPSA) is 43.1 Å². The standard InChI is InChI=1S/C4H8Cl4N5P3/c5-14(6)9-15(7,12-1-2-12)11-16(8,10-14)13-3-4-13/h1-4H2. The molecule has 0 aromatic rings. The van der Waals surface area contributed by atoms with E-state index in [1.807, 2.05) is 9.34 Å². The van der Waals surface area contributed by atoms with Gasteiger partial charge in [0.05, 0.1) is 0 Å². The second kappa shape index (κ2) is 3.88. The van der Waals surface area contributed by atoms with Crippen LogP contribution in [0.25, 0.3) is 0 Å². The molecule has 3 heterocycles. The molecule has 12 heteroatoms. The summed E-state index contributed by atoms with van der Waals surface area (Å²) in [7, 11) is 0. The summed E-state index contributed by atoms with van der Waals surface area (Å²) in [6.07, 6.45) is 0. The van der Waals surface area contributed by atoms with Gasteiger partial charge in [0.1, 0.15) is 0 Å². The molecule has 0 aromatic carbocycles. The Labute approximate surface area is 113 Å². The van der Waals surface area contributed by atoms with Crippen LogP contribution >= 0.6 is 64.3 Å². The van der Waals surface area contributed by atoms with Crippen LogP contribution < -0.4 is 0 Å². The van der Waals surface area contributed by atoms with Crippen LogP contribution in [0.1, 0.15) is 0 Å². The quantitative estimate of drug-likeness (QED) is 0.487. The molecule has 0 bridgehead atoms. The zero-order chi connectivity index (χ0) is 11.6. The van der Waals surface area contributed by atoms with E-state index in [0.717, 1.165) is 26.2 Å². The Kier molecular flexibility index (Phi) is 3.10. The van der Waals surface area contributed by atoms with Crippen molar-refractivity contribution in [3.63, 3.8) is 0 Å². The monoisotopic (exact) mass is 359 g/mol. The largest absolute Gasteiger partial charge is 0.257 e. The molecular formula is C4H8Cl4N5P3. The lowest BCUT2D eigenvalue weighted by Gasteiger charge is -2.25. The van der Waals surface area contributed by atoms with E-state index in [-0.39, 0.29) is 0 Å². The van der Waals surface area contributed by atoms with E-state index in [2.05, 4.69) is 13.5 Å². The summed E-state index contributed by atoms with van der Waals surface area (Å²) in [4.78, 5) is 0. The van der Waals surface area contributed by atoms with Gasteiger partial charge >= 0.3 is 0 Å². The molecule has 0 amide bonds. The molecule has 3 aliphatic heterocycles. The summed E-state index contributed by atoms with van der Waals surface area (Å²) in [6, 6.07) is 0. The zero-order valence-corrected chi connectivity index (χ0v) is 13.6. The van der Waals surface area contributed by atoms with Gasteiger partial charge in [-0.25, -0.2) is 9.34 Å². The molecule has 3 rings (SSSR count). The van der Waals surface area contributed by atoms with Crippen LogP contribution in [0.3, 0.4) is 0 Å². The van der Waals surface area contributed by atoms with Crippen molar-refractivity contribution in [2.45, 2.75) is 0 Å². The summed E-state index contributed by atoms with van der Waals surface area (Å²) in [5.74, 6) is -2.76. The van der Waals surface area contributed by atoms with Gasteiger partial charge in [-0.1, -0.05) is 0 Å². The van der Waals surface area contributed by atoms with Crippen LogP contribution in [0.4, 0.5) is 0 Å². The van der Waals surface area contributed by atoms with E-state index in [4.69, 9.17) is 45.0 Å². The lowest BCUT2D eigenvalue weighted by atomic mass is 11.0. The van der Waals surface area contributed by atoms with Crippen LogP contribution in [-0.2, 0) is 0 Å². The van der Waals surface area contributed by atoms with Gasteiger partial charge in [0.2, 0.25) is 13.4 Å². The Morgan fingerprint density at radius 2 is 1.12 bits per heavy atom. The highest BCUT2D eigenvalue weighted by Crippen LogP contribution is 2.87. The first-order valence-electron chi connectivity index (χ1n) is 4.54. The summed E-state index contributed by atoms with van der Waals surface area (Å²) < 4.78 is 16.9. The second-order valence-corrected chi connectivity index (χ2v) is 15.9. The lowest BCUT2D eigenvalue weighted by Crippen LogP contribution is -1.91. The molecule has 3 aliphatic rings. The highest BCUT2D eigenvalue weighted by molar-refractivity contribution is 8.17. The summed E-state index contributed by atoms with van der Waals surface area (Å²) in [5, 5.41) is 0. The number of nitrogens with zero attached hydrogens (tertiary/aromatic N) is 5. The van der Waals surface area contributed by atoms with Crippen LogP contribution in [0.2, 0.25) is 0 Å². The van der Waals surface area contributed by atoms with Crippen molar-refractivity contribution in [2.24, 2.45) is 13.5 Å². The Morgan fingerprint density at radius 3 is 1.56 bits per heavy atom. The van der Waals surface area contributed by atoms with E-state index in [1.54, 1.807) is 0 Å². The van der Waals surface area contributed by atoms with Crippen LogP contribution in [0.15, 0.2) is 13.5 Å². The normalized spacial score (nSPS) is 46.5. The number of hydrogen-bond acceptors (Lipinski definition) is 5. The molecule has 2 saturated heterocycles. The lowest BCUT2D eigenvalue weighted by molar-refractivity contribution is 0.904. The SMILES string of the molecule is ClP1(Cl)=NP(Cl)(N2CC2)=NP(Cl)(N2CC2)=N1. The molecule has 92 valence electrons. The van der Waals surface area contributed by atoms with Crippen molar-refractivity contribution in [1.82, 2.24) is 9.34 Å². The van der Waals surface area contributed by atoms with Crippen molar-refractivity contribution >= 4 is 64.3 Å². The summed E-state index contributed by atoms with van der Waals surface area (Å²) in [6.45, 7) is -1.38. The maximum atomic E-state index is 6.43. The molecule has 0 spiro atoms. The van der Waals surface area contributed by atoms with Gasteiger partial charge in [-0.05, 0) is 45.0 Å².